The van der Waals surface area contributed by atoms with Crippen molar-refractivity contribution in [3.8, 4) is 0 Å². The topological polar surface area (TPSA) is 118 Å². The SMILES string of the molecule is CC(C(=O)O)N(c1ccc(I)cc1)S(=O)(=O)c1ccccc1[N+](=O)[O-]. The molecule has 0 fully saturated rings. The van der Waals surface area contributed by atoms with Crippen molar-refractivity contribution in [2.24, 2.45) is 0 Å². The summed E-state index contributed by atoms with van der Waals surface area (Å²) in [6.07, 6.45) is 0. The first kappa shape index (κ1) is 19.1. The van der Waals surface area contributed by atoms with Gasteiger partial charge in [0, 0.05) is 9.64 Å². The summed E-state index contributed by atoms with van der Waals surface area (Å²) in [5, 5.41) is 20.5. The maximum atomic E-state index is 13.0. The molecule has 132 valence electrons. The van der Waals surface area contributed by atoms with Crippen LogP contribution in [0, 0.1) is 13.7 Å². The Bertz CT molecular complexity index is 914. The van der Waals surface area contributed by atoms with Crippen LogP contribution in [-0.2, 0) is 14.8 Å². The molecule has 10 heteroatoms. The largest absolute Gasteiger partial charge is 0.480 e. The van der Waals surface area contributed by atoms with Gasteiger partial charge in [-0.1, -0.05) is 12.1 Å². The molecular formula is C15H13IN2O6S. The summed E-state index contributed by atoms with van der Waals surface area (Å²) in [5.41, 5.74) is -0.510. The van der Waals surface area contributed by atoms with Crippen LogP contribution in [0.5, 0.6) is 0 Å². The molecule has 0 aliphatic carbocycles. The molecule has 0 bridgehead atoms. The van der Waals surface area contributed by atoms with Crippen LogP contribution in [0.4, 0.5) is 11.4 Å². The number of nitrogens with zero attached hydrogens (tertiary/aromatic N) is 2. The summed E-state index contributed by atoms with van der Waals surface area (Å²) in [7, 11) is -4.48. The van der Waals surface area contributed by atoms with Gasteiger partial charge in [0.1, 0.15) is 6.04 Å². The summed E-state index contributed by atoms with van der Waals surface area (Å²) in [5.74, 6) is -1.37. The first-order valence-corrected chi connectivity index (χ1v) is 9.44. The molecule has 0 radical (unpaired) electrons. The van der Waals surface area contributed by atoms with Crippen LogP contribution in [0.2, 0.25) is 0 Å². The third kappa shape index (κ3) is 3.90. The second-order valence-electron chi connectivity index (χ2n) is 5.02. The number of rotatable bonds is 6. The lowest BCUT2D eigenvalue weighted by Crippen LogP contribution is -2.43. The Morgan fingerprint density at radius 2 is 1.76 bits per heavy atom. The maximum absolute atomic E-state index is 13.0. The van der Waals surface area contributed by atoms with Crippen molar-refractivity contribution in [1.29, 1.82) is 0 Å². The van der Waals surface area contributed by atoms with Gasteiger partial charge >= 0.3 is 5.97 Å². The molecule has 1 atom stereocenters. The van der Waals surface area contributed by atoms with Crippen LogP contribution in [0.15, 0.2) is 53.4 Å². The lowest BCUT2D eigenvalue weighted by atomic mass is 10.2. The van der Waals surface area contributed by atoms with E-state index in [0.29, 0.717) is 4.31 Å². The lowest BCUT2D eigenvalue weighted by Gasteiger charge is -2.27. The summed E-state index contributed by atoms with van der Waals surface area (Å²) in [6, 6.07) is 9.51. The Morgan fingerprint density at radius 1 is 1.20 bits per heavy atom. The number of para-hydroxylation sites is 1. The third-order valence-electron chi connectivity index (χ3n) is 3.39. The number of nitro benzene ring substituents is 1. The van der Waals surface area contributed by atoms with Gasteiger partial charge in [0.2, 0.25) is 0 Å². The fourth-order valence-electron chi connectivity index (χ4n) is 2.19. The van der Waals surface area contributed by atoms with E-state index in [-0.39, 0.29) is 5.69 Å². The normalized spacial score (nSPS) is 12.4. The molecule has 8 nitrogen and oxygen atoms in total. The van der Waals surface area contributed by atoms with Gasteiger partial charge in [-0.15, -0.1) is 0 Å². The van der Waals surface area contributed by atoms with E-state index in [0.717, 1.165) is 15.7 Å². The van der Waals surface area contributed by atoms with E-state index in [2.05, 4.69) is 0 Å². The first-order valence-electron chi connectivity index (χ1n) is 6.92. The minimum Gasteiger partial charge on any atom is -0.480 e. The molecule has 0 saturated carbocycles. The average molecular weight is 476 g/mol. The molecule has 1 unspecified atom stereocenters. The van der Waals surface area contributed by atoms with E-state index in [1.165, 1.54) is 31.2 Å². The van der Waals surface area contributed by atoms with E-state index in [9.17, 15) is 28.4 Å². The van der Waals surface area contributed by atoms with Crippen molar-refractivity contribution in [2.75, 3.05) is 4.31 Å². The van der Waals surface area contributed by atoms with Gasteiger partial charge in [-0.3, -0.25) is 14.4 Å². The van der Waals surface area contributed by atoms with Crippen molar-refractivity contribution in [3.05, 3.63) is 62.2 Å². The monoisotopic (exact) mass is 476 g/mol. The van der Waals surface area contributed by atoms with E-state index in [4.69, 9.17) is 0 Å². The standard InChI is InChI=1S/C15H13IN2O6S/c1-10(15(19)20)17(12-8-6-11(16)7-9-12)25(23,24)14-5-3-2-4-13(14)18(21)22/h2-10H,1H3,(H,19,20). The highest BCUT2D eigenvalue weighted by atomic mass is 127. The Hall–Kier alpha value is -2.21. The molecule has 2 aromatic carbocycles. The zero-order valence-electron chi connectivity index (χ0n) is 12.9. The number of carboxylic acid groups (broad SMARTS) is 1. The van der Waals surface area contributed by atoms with Gasteiger partial charge < -0.3 is 5.11 Å². The number of anilines is 1. The smallest absolute Gasteiger partial charge is 0.327 e. The second-order valence-corrected chi connectivity index (χ2v) is 8.05. The van der Waals surface area contributed by atoms with Gasteiger partial charge in [0.15, 0.2) is 4.90 Å². The predicted molar refractivity (Wildman–Crippen MR) is 99.0 cm³/mol. The second kappa shape index (κ2) is 7.35. The molecule has 2 rings (SSSR count). The van der Waals surface area contributed by atoms with Crippen molar-refractivity contribution in [3.63, 3.8) is 0 Å². The molecule has 2 aromatic rings. The minimum atomic E-state index is -4.48. The van der Waals surface area contributed by atoms with Crippen molar-refractivity contribution in [2.45, 2.75) is 17.9 Å². The van der Waals surface area contributed by atoms with Crippen LogP contribution < -0.4 is 4.31 Å². The molecule has 0 heterocycles. The Kier molecular flexibility index (Phi) is 5.62. The fraction of sp³-hybridized carbons (Fsp3) is 0.133. The highest BCUT2D eigenvalue weighted by Gasteiger charge is 2.37. The first-order chi connectivity index (χ1) is 11.7. The minimum absolute atomic E-state index is 0.105. The molecule has 0 amide bonds. The molecule has 0 aliphatic heterocycles. The molecule has 1 N–H and O–H groups in total. The van der Waals surface area contributed by atoms with Crippen molar-refractivity contribution < 1.29 is 23.2 Å². The van der Waals surface area contributed by atoms with E-state index in [1.54, 1.807) is 12.1 Å². The number of sulfonamides is 1. The Morgan fingerprint density at radius 3 is 2.28 bits per heavy atom. The van der Waals surface area contributed by atoms with Crippen molar-refractivity contribution in [1.82, 2.24) is 0 Å². The summed E-state index contributed by atoms with van der Waals surface area (Å²) < 4.78 is 27.6. The van der Waals surface area contributed by atoms with Gasteiger partial charge in [0.25, 0.3) is 15.7 Å². The number of carboxylic acids is 1. The number of carbonyl (C=O) groups is 1. The predicted octanol–water partition coefficient (Wildman–Crippen LogP) is 2.87. The third-order valence-corrected chi connectivity index (χ3v) is 6.05. The molecule has 0 aromatic heterocycles. The fourth-order valence-corrected chi connectivity index (χ4v) is 4.33. The maximum Gasteiger partial charge on any atom is 0.327 e. The lowest BCUT2D eigenvalue weighted by molar-refractivity contribution is -0.387. The Labute approximate surface area is 157 Å². The van der Waals surface area contributed by atoms with Crippen LogP contribution in [0.3, 0.4) is 0 Å². The number of nitro groups is 1. The van der Waals surface area contributed by atoms with Crippen LogP contribution >= 0.6 is 22.6 Å². The highest BCUT2D eigenvalue weighted by Crippen LogP contribution is 2.31. The van der Waals surface area contributed by atoms with Crippen LogP contribution in [-0.4, -0.2) is 30.5 Å². The zero-order valence-corrected chi connectivity index (χ0v) is 15.8. The summed E-state index contributed by atoms with van der Waals surface area (Å²) in [6.45, 7) is 1.20. The number of benzene rings is 2. The number of aliphatic carboxylic acids is 1. The molecule has 0 aliphatic rings. The molecule has 25 heavy (non-hydrogen) atoms. The van der Waals surface area contributed by atoms with Crippen molar-refractivity contribution >= 4 is 50.0 Å². The quantitative estimate of drug-likeness (QED) is 0.389. The molecule has 0 saturated heterocycles. The van der Waals surface area contributed by atoms with E-state index in [1.807, 2.05) is 22.6 Å². The highest BCUT2D eigenvalue weighted by molar-refractivity contribution is 14.1. The summed E-state index contributed by atoms with van der Waals surface area (Å²) >= 11 is 2.02. The number of halogens is 1. The molecular weight excluding hydrogens is 463 g/mol. The van der Waals surface area contributed by atoms with E-state index < -0.39 is 37.5 Å². The number of hydrogen-bond donors (Lipinski definition) is 1. The zero-order chi connectivity index (χ0) is 18.8. The molecule has 0 spiro atoms. The van der Waals surface area contributed by atoms with Gasteiger partial charge in [-0.05, 0) is 59.8 Å². The number of hydrogen-bond acceptors (Lipinski definition) is 5. The average Bonchev–Trinajstić information content (AvgIpc) is 2.56. The summed E-state index contributed by atoms with van der Waals surface area (Å²) in [4.78, 5) is 21.2. The van der Waals surface area contributed by atoms with Gasteiger partial charge in [-0.25, -0.2) is 13.2 Å². The van der Waals surface area contributed by atoms with Crippen LogP contribution in [0.25, 0.3) is 0 Å². The van der Waals surface area contributed by atoms with Gasteiger partial charge in [0.05, 0.1) is 10.6 Å². The van der Waals surface area contributed by atoms with Crippen LogP contribution in [0.1, 0.15) is 6.92 Å². The Balaban J connectivity index is 2.70. The van der Waals surface area contributed by atoms with E-state index >= 15 is 0 Å². The van der Waals surface area contributed by atoms with Gasteiger partial charge in [-0.2, -0.15) is 0 Å².